The van der Waals surface area contributed by atoms with Gasteiger partial charge in [0.2, 0.25) is 5.91 Å². The summed E-state index contributed by atoms with van der Waals surface area (Å²) in [4.78, 5) is 32.9. The third-order valence-electron chi connectivity index (χ3n) is 2.50. The minimum absolute atomic E-state index is 0.0695. The molecule has 0 aliphatic heterocycles. The van der Waals surface area contributed by atoms with E-state index in [1.807, 2.05) is 30.3 Å². The lowest BCUT2D eigenvalue weighted by Gasteiger charge is -2.07. The molecule has 0 radical (unpaired) electrons. The van der Waals surface area contributed by atoms with Crippen LogP contribution in [0.3, 0.4) is 0 Å². The molecule has 0 aliphatic rings. The van der Waals surface area contributed by atoms with Crippen molar-refractivity contribution in [1.29, 1.82) is 0 Å². The summed E-state index contributed by atoms with van der Waals surface area (Å²) in [6.45, 7) is 0.372. The number of hydrogen-bond acceptors (Lipinski definition) is 4. The molecule has 7 heteroatoms. The van der Waals surface area contributed by atoms with Crippen LogP contribution >= 0.6 is 0 Å². The van der Waals surface area contributed by atoms with Gasteiger partial charge in [0.05, 0.1) is 6.42 Å². The lowest BCUT2D eigenvalue weighted by Crippen LogP contribution is -2.32. The fourth-order valence-electron chi connectivity index (χ4n) is 1.45. The second kappa shape index (κ2) is 9.35. The molecule has 0 atom stereocenters. The van der Waals surface area contributed by atoms with Gasteiger partial charge in [-0.15, -0.1) is 0 Å². The van der Waals surface area contributed by atoms with E-state index >= 15 is 0 Å². The standard InChI is InChI=1S/C14H18N2O5/c17-12(15-9-7-13(18)19)6-8-16-14(20)21-10-11-4-2-1-3-5-11/h1-5H,6-10H2,(H,15,17)(H,16,20)(H,18,19). The highest BCUT2D eigenvalue weighted by Gasteiger charge is 2.05. The summed E-state index contributed by atoms with van der Waals surface area (Å²) in [5, 5.41) is 13.3. The Bertz CT molecular complexity index is 476. The number of benzene rings is 1. The zero-order valence-electron chi connectivity index (χ0n) is 11.5. The van der Waals surface area contributed by atoms with E-state index in [0.29, 0.717) is 0 Å². The van der Waals surface area contributed by atoms with Gasteiger partial charge in [-0.1, -0.05) is 30.3 Å². The Morgan fingerprint density at radius 3 is 2.33 bits per heavy atom. The Balaban J connectivity index is 2.07. The number of hydrogen-bond donors (Lipinski definition) is 3. The molecule has 0 aromatic heterocycles. The average molecular weight is 294 g/mol. The van der Waals surface area contributed by atoms with Gasteiger partial charge < -0.3 is 20.5 Å². The van der Waals surface area contributed by atoms with Gasteiger partial charge in [0.1, 0.15) is 6.61 Å². The number of carbonyl (C=O) groups excluding carboxylic acids is 2. The first-order valence-corrected chi connectivity index (χ1v) is 6.51. The van der Waals surface area contributed by atoms with Crippen molar-refractivity contribution in [2.24, 2.45) is 0 Å². The Morgan fingerprint density at radius 2 is 1.67 bits per heavy atom. The van der Waals surface area contributed by atoms with Crippen LogP contribution in [0, 0.1) is 0 Å². The molecule has 0 spiro atoms. The van der Waals surface area contributed by atoms with E-state index in [1.165, 1.54) is 0 Å². The molecule has 21 heavy (non-hydrogen) atoms. The number of alkyl carbamates (subject to hydrolysis) is 1. The van der Waals surface area contributed by atoms with Crippen LogP contribution in [0.5, 0.6) is 0 Å². The first-order chi connectivity index (χ1) is 10.1. The van der Waals surface area contributed by atoms with Crippen LogP contribution in [0.1, 0.15) is 18.4 Å². The highest BCUT2D eigenvalue weighted by Crippen LogP contribution is 2.00. The van der Waals surface area contributed by atoms with Gasteiger partial charge in [-0.3, -0.25) is 9.59 Å². The van der Waals surface area contributed by atoms with Crippen LogP contribution in [0.2, 0.25) is 0 Å². The molecule has 1 aromatic rings. The topological polar surface area (TPSA) is 105 Å². The van der Waals surface area contributed by atoms with E-state index in [2.05, 4.69) is 10.6 Å². The maximum atomic E-state index is 11.4. The lowest BCUT2D eigenvalue weighted by molar-refractivity contribution is -0.136. The number of carboxylic acids is 1. The summed E-state index contributed by atoms with van der Waals surface area (Å²) in [7, 11) is 0. The van der Waals surface area contributed by atoms with Gasteiger partial charge in [-0.25, -0.2) is 4.79 Å². The van der Waals surface area contributed by atoms with E-state index in [9.17, 15) is 14.4 Å². The van der Waals surface area contributed by atoms with Gasteiger partial charge in [0.25, 0.3) is 0 Å². The predicted molar refractivity (Wildman–Crippen MR) is 74.5 cm³/mol. The molecule has 0 heterocycles. The van der Waals surface area contributed by atoms with Crippen molar-refractivity contribution >= 4 is 18.0 Å². The summed E-state index contributed by atoms with van der Waals surface area (Å²) in [6, 6.07) is 9.23. The second-order valence-electron chi connectivity index (χ2n) is 4.23. The summed E-state index contributed by atoms with van der Waals surface area (Å²) in [6.07, 6.45) is -0.657. The molecule has 114 valence electrons. The monoisotopic (exact) mass is 294 g/mol. The van der Waals surface area contributed by atoms with Gasteiger partial charge in [-0.05, 0) is 5.56 Å². The zero-order chi connectivity index (χ0) is 15.5. The highest BCUT2D eigenvalue weighted by molar-refractivity contribution is 5.77. The highest BCUT2D eigenvalue weighted by atomic mass is 16.5. The lowest BCUT2D eigenvalue weighted by atomic mass is 10.2. The minimum atomic E-state index is -0.974. The maximum Gasteiger partial charge on any atom is 0.407 e. The van der Waals surface area contributed by atoms with Crippen LogP contribution in [-0.4, -0.2) is 36.2 Å². The van der Waals surface area contributed by atoms with Crippen LogP contribution < -0.4 is 10.6 Å². The third-order valence-corrected chi connectivity index (χ3v) is 2.50. The SMILES string of the molecule is O=C(O)CCNC(=O)CCNC(=O)OCc1ccccc1. The van der Waals surface area contributed by atoms with Gasteiger partial charge in [0, 0.05) is 19.5 Å². The number of aliphatic carboxylic acids is 1. The Hall–Kier alpha value is -2.57. The van der Waals surface area contributed by atoms with Crippen molar-refractivity contribution in [3.63, 3.8) is 0 Å². The smallest absolute Gasteiger partial charge is 0.407 e. The molecular weight excluding hydrogens is 276 g/mol. The normalized spacial score (nSPS) is 9.71. The molecule has 1 aromatic carbocycles. The number of rotatable bonds is 8. The average Bonchev–Trinajstić information content (AvgIpc) is 2.46. The second-order valence-corrected chi connectivity index (χ2v) is 4.23. The summed E-state index contributed by atoms with van der Waals surface area (Å²) >= 11 is 0. The number of carbonyl (C=O) groups is 3. The molecule has 0 saturated heterocycles. The molecule has 1 rings (SSSR count). The number of ether oxygens (including phenoxy) is 1. The van der Waals surface area contributed by atoms with E-state index in [-0.39, 0.29) is 38.4 Å². The largest absolute Gasteiger partial charge is 0.481 e. The molecule has 0 bridgehead atoms. The van der Waals surface area contributed by atoms with E-state index < -0.39 is 12.1 Å². The van der Waals surface area contributed by atoms with Crippen molar-refractivity contribution in [2.75, 3.05) is 13.1 Å². The maximum absolute atomic E-state index is 11.4. The van der Waals surface area contributed by atoms with Gasteiger partial charge >= 0.3 is 12.1 Å². The van der Waals surface area contributed by atoms with Crippen molar-refractivity contribution in [2.45, 2.75) is 19.4 Å². The van der Waals surface area contributed by atoms with Crippen LogP contribution in [0.25, 0.3) is 0 Å². The van der Waals surface area contributed by atoms with Gasteiger partial charge in [0.15, 0.2) is 0 Å². The fourth-order valence-corrected chi connectivity index (χ4v) is 1.45. The summed E-state index contributed by atoms with van der Waals surface area (Å²) in [5.74, 6) is -1.29. The molecule has 0 saturated carbocycles. The number of nitrogens with one attached hydrogen (secondary N) is 2. The number of amides is 2. The van der Waals surface area contributed by atoms with E-state index in [4.69, 9.17) is 9.84 Å². The van der Waals surface area contributed by atoms with Crippen LogP contribution in [0.4, 0.5) is 4.79 Å². The Morgan fingerprint density at radius 1 is 1.00 bits per heavy atom. The van der Waals surface area contributed by atoms with E-state index in [0.717, 1.165) is 5.56 Å². The Kier molecular flexibility index (Phi) is 7.34. The zero-order valence-corrected chi connectivity index (χ0v) is 11.5. The quantitative estimate of drug-likeness (QED) is 0.660. The molecule has 0 fully saturated rings. The first kappa shape index (κ1) is 16.5. The van der Waals surface area contributed by atoms with Crippen LogP contribution in [0.15, 0.2) is 30.3 Å². The molecule has 3 N–H and O–H groups in total. The molecule has 0 unspecified atom stereocenters. The predicted octanol–water partition coefficient (Wildman–Crippen LogP) is 0.894. The van der Waals surface area contributed by atoms with Crippen LogP contribution in [-0.2, 0) is 20.9 Å². The van der Waals surface area contributed by atoms with E-state index in [1.54, 1.807) is 0 Å². The molecule has 2 amide bonds. The summed E-state index contributed by atoms with van der Waals surface area (Å²) in [5.41, 5.74) is 0.874. The summed E-state index contributed by atoms with van der Waals surface area (Å²) < 4.78 is 4.96. The van der Waals surface area contributed by atoms with Crippen molar-refractivity contribution in [3.8, 4) is 0 Å². The fraction of sp³-hybridized carbons (Fsp3) is 0.357. The van der Waals surface area contributed by atoms with Crippen molar-refractivity contribution in [3.05, 3.63) is 35.9 Å². The van der Waals surface area contributed by atoms with Crippen molar-refractivity contribution < 1.29 is 24.2 Å². The number of carboxylic acid groups (broad SMARTS) is 1. The van der Waals surface area contributed by atoms with Crippen molar-refractivity contribution in [1.82, 2.24) is 10.6 Å². The minimum Gasteiger partial charge on any atom is -0.481 e. The van der Waals surface area contributed by atoms with Gasteiger partial charge in [-0.2, -0.15) is 0 Å². The first-order valence-electron chi connectivity index (χ1n) is 6.51. The molecular formula is C14H18N2O5. The Labute approximate surface area is 122 Å². The molecule has 7 nitrogen and oxygen atoms in total. The third kappa shape index (κ3) is 8.25. The molecule has 0 aliphatic carbocycles.